The van der Waals surface area contributed by atoms with Gasteiger partial charge in [0.15, 0.2) is 0 Å². The van der Waals surface area contributed by atoms with Crippen LogP contribution in [0.3, 0.4) is 0 Å². The normalized spacial score (nSPS) is 15.5. The van der Waals surface area contributed by atoms with Crippen molar-refractivity contribution in [3.8, 4) is 0 Å². The van der Waals surface area contributed by atoms with Crippen LogP contribution in [0.4, 0.5) is 5.69 Å². The van der Waals surface area contributed by atoms with Gasteiger partial charge in [-0.15, -0.1) is 0 Å². The first-order chi connectivity index (χ1) is 9.58. The molecule has 1 aliphatic heterocycles. The van der Waals surface area contributed by atoms with Crippen LogP contribution in [0.5, 0.6) is 0 Å². The van der Waals surface area contributed by atoms with E-state index in [0.29, 0.717) is 6.54 Å². The maximum atomic E-state index is 11.9. The van der Waals surface area contributed by atoms with E-state index < -0.39 is 0 Å². The second-order valence-corrected chi connectivity index (χ2v) is 5.61. The Morgan fingerprint density at radius 2 is 1.85 bits per heavy atom. The van der Waals surface area contributed by atoms with E-state index in [2.05, 4.69) is 29.2 Å². The molecule has 1 fully saturated rings. The number of carbonyl (C=O) groups excluding carboxylic acids is 1. The summed E-state index contributed by atoms with van der Waals surface area (Å²) in [5.41, 5.74) is 2.40. The van der Waals surface area contributed by atoms with Gasteiger partial charge in [-0.25, -0.2) is 0 Å². The number of nitrogens with zero attached hydrogens (tertiary/aromatic N) is 2. The minimum atomic E-state index is 0.0487. The molecule has 1 amide bonds. The molecule has 0 unspecified atom stereocenters. The molecule has 1 aliphatic rings. The largest absolute Gasteiger partial charge is 0.378 e. The minimum absolute atomic E-state index is 0.0487. The summed E-state index contributed by atoms with van der Waals surface area (Å²) in [6.45, 7) is 8.03. The predicted molar refractivity (Wildman–Crippen MR) is 80.8 cm³/mol. The molecule has 1 aromatic rings. The Hall–Kier alpha value is -1.55. The van der Waals surface area contributed by atoms with Crippen molar-refractivity contribution >= 4 is 11.6 Å². The lowest BCUT2D eigenvalue weighted by atomic mass is 10.1. The van der Waals surface area contributed by atoms with Gasteiger partial charge in [0.25, 0.3) is 0 Å². The Labute approximate surface area is 121 Å². The molecule has 4 heteroatoms. The third-order valence-electron chi connectivity index (χ3n) is 3.60. The lowest BCUT2D eigenvalue weighted by Crippen LogP contribution is -2.36. The van der Waals surface area contributed by atoms with Crippen molar-refractivity contribution in [2.24, 2.45) is 5.92 Å². The van der Waals surface area contributed by atoms with E-state index >= 15 is 0 Å². The number of ether oxygens (including phenoxy) is 1. The standard InChI is InChI=1S/C16H24N2O2/c1-13(2)16(19)17(3)12-14-4-6-15(7-5-14)18-8-10-20-11-9-18/h4-7,13H,8-12H2,1-3H3. The van der Waals surface area contributed by atoms with E-state index in [9.17, 15) is 4.79 Å². The summed E-state index contributed by atoms with van der Waals surface area (Å²) in [5, 5.41) is 0. The van der Waals surface area contributed by atoms with Crippen molar-refractivity contribution in [2.45, 2.75) is 20.4 Å². The Balaban J connectivity index is 1.95. The molecule has 0 saturated carbocycles. The molecule has 0 N–H and O–H groups in total. The van der Waals surface area contributed by atoms with Gasteiger partial charge in [0.2, 0.25) is 5.91 Å². The molecule has 1 aromatic carbocycles. The zero-order valence-electron chi connectivity index (χ0n) is 12.6. The molecular formula is C16H24N2O2. The number of carbonyl (C=O) groups is 1. The summed E-state index contributed by atoms with van der Waals surface area (Å²) >= 11 is 0. The van der Waals surface area contributed by atoms with E-state index in [-0.39, 0.29) is 11.8 Å². The first-order valence-electron chi connectivity index (χ1n) is 7.24. The molecule has 0 aliphatic carbocycles. The molecule has 0 bridgehead atoms. The number of anilines is 1. The molecule has 0 atom stereocenters. The monoisotopic (exact) mass is 276 g/mol. The number of rotatable bonds is 4. The SMILES string of the molecule is CC(C)C(=O)N(C)Cc1ccc(N2CCOCC2)cc1. The van der Waals surface area contributed by atoms with Gasteiger partial charge in [0.05, 0.1) is 13.2 Å². The molecule has 0 aromatic heterocycles. The third-order valence-corrected chi connectivity index (χ3v) is 3.60. The van der Waals surface area contributed by atoms with E-state index in [1.165, 1.54) is 11.3 Å². The van der Waals surface area contributed by atoms with Crippen LogP contribution in [-0.4, -0.2) is 44.2 Å². The topological polar surface area (TPSA) is 32.8 Å². The van der Waals surface area contributed by atoms with Crippen LogP contribution in [0.15, 0.2) is 24.3 Å². The molecular weight excluding hydrogens is 252 g/mol. The second kappa shape index (κ2) is 6.75. The van der Waals surface area contributed by atoms with Gasteiger partial charge in [-0.3, -0.25) is 4.79 Å². The highest BCUT2D eigenvalue weighted by atomic mass is 16.5. The highest BCUT2D eigenvalue weighted by molar-refractivity contribution is 5.77. The maximum Gasteiger partial charge on any atom is 0.225 e. The van der Waals surface area contributed by atoms with E-state index in [0.717, 1.165) is 26.3 Å². The number of hydrogen-bond acceptors (Lipinski definition) is 3. The fourth-order valence-electron chi connectivity index (χ4n) is 2.43. The first-order valence-corrected chi connectivity index (χ1v) is 7.24. The van der Waals surface area contributed by atoms with Gasteiger partial charge in [-0.1, -0.05) is 26.0 Å². The number of morpholine rings is 1. The molecule has 1 saturated heterocycles. The average Bonchev–Trinajstić information content (AvgIpc) is 2.48. The van der Waals surface area contributed by atoms with Crippen molar-refractivity contribution in [1.29, 1.82) is 0 Å². The average molecular weight is 276 g/mol. The van der Waals surface area contributed by atoms with Gasteiger partial charge >= 0.3 is 0 Å². The Morgan fingerprint density at radius 1 is 1.25 bits per heavy atom. The Bertz CT molecular complexity index is 436. The molecule has 1 heterocycles. The lowest BCUT2D eigenvalue weighted by Gasteiger charge is -2.29. The van der Waals surface area contributed by atoms with Crippen LogP contribution in [0.2, 0.25) is 0 Å². The first kappa shape index (κ1) is 14.9. The zero-order chi connectivity index (χ0) is 14.5. The summed E-state index contributed by atoms with van der Waals surface area (Å²) in [4.78, 5) is 16.0. The van der Waals surface area contributed by atoms with Gasteiger partial charge in [0, 0.05) is 38.3 Å². The molecule has 110 valence electrons. The molecule has 2 rings (SSSR count). The minimum Gasteiger partial charge on any atom is -0.378 e. The van der Waals surface area contributed by atoms with Gasteiger partial charge in [-0.2, -0.15) is 0 Å². The Kier molecular flexibility index (Phi) is 5.01. The third kappa shape index (κ3) is 3.73. The maximum absolute atomic E-state index is 11.9. The summed E-state index contributed by atoms with van der Waals surface area (Å²) in [5.74, 6) is 0.231. The summed E-state index contributed by atoms with van der Waals surface area (Å²) in [6, 6.07) is 8.48. The highest BCUT2D eigenvalue weighted by Gasteiger charge is 2.14. The summed E-state index contributed by atoms with van der Waals surface area (Å²) < 4.78 is 5.36. The van der Waals surface area contributed by atoms with Crippen molar-refractivity contribution in [3.05, 3.63) is 29.8 Å². The van der Waals surface area contributed by atoms with E-state index in [1.807, 2.05) is 20.9 Å². The molecule has 20 heavy (non-hydrogen) atoms. The predicted octanol–water partition coefficient (Wildman–Crippen LogP) is 2.14. The van der Waals surface area contributed by atoms with Crippen LogP contribution in [0.25, 0.3) is 0 Å². The van der Waals surface area contributed by atoms with Crippen LogP contribution in [-0.2, 0) is 16.1 Å². The lowest BCUT2D eigenvalue weighted by molar-refractivity contribution is -0.133. The highest BCUT2D eigenvalue weighted by Crippen LogP contribution is 2.17. The van der Waals surface area contributed by atoms with Gasteiger partial charge in [-0.05, 0) is 17.7 Å². The summed E-state index contributed by atoms with van der Waals surface area (Å²) in [7, 11) is 1.86. The fourth-order valence-corrected chi connectivity index (χ4v) is 2.43. The van der Waals surface area contributed by atoms with Gasteiger partial charge in [0.1, 0.15) is 0 Å². The van der Waals surface area contributed by atoms with Crippen LogP contribution in [0, 0.1) is 5.92 Å². The van der Waals surface area contributed by atoms with Crippen molar-refractivity contribution in [3.63, 3.8) is 0 Å². The van der Waals surface area contributed by atoms with Crippen molar-refractivity contribution in [1.82, 2.24) is 4.90 Å². The number of hydrogen-bond donors (Lipinski definition) is 0. The number of benzene rings is 1. The van der Waals surface area contributed by atoms with Crippen molar-refractivity contribution in [2.75, 3.05) is 38.3 Å². The quantitative estimate of drug-likeness (QED) is 0.844. The zero-order valence-corrected chi connectivity index (χ0v) is 12.6. The van der Waals surface area contributed by atoms with Crippen molar-refractivity contribution < 1.29 is 9.53 Å². The van der Waals surface area contributed by atoms with Crippen LogP contribution < -0.4 is 4.90 Å². The molecule has 0 spiro atoms. The fraction of sp³-hybridized carbons (Fsp3) is 0.562. The van der Waals surface area contributed by atoms with E-state index in [4.69, 9.17) is 4.74 Å². The van der Waals surface area contributed by atoms with E-state index in [1.54, 1.807) is 4.90 Å². The van der Waals surface area contributed by atoms with Gasteiger partial charge < -0.3 is 14.5 Å². The number of amides is 1. The smallest absolute Gasteiger partial charge is 0.225 e. The second-order valence-electron chi connectivity index (χ2n) is 5.61. The van der Waals surface area contributed by atoms with Crippen LogP contribution >= 0.6 is 0 Å². The Morgan fingerprint density at radius 3 is 2.40 bits per heavy atom. The summed E-state index contributed by atoms with van der Waals surface area (Å²) in [6.07, 6.45) is 0. The van der Waals surface area contributed by atoms with Crippen LogP contribution in [0.1, 0.15) is 19.4 Å². The molecule has 4 nitrogen and oxygen atoms in total. The molecule has 0 radical (unpaired) electrons.